The molecule has 1 atom stereocenters. The second-order valence-electron chi connectivity index (χ2n) is 7.39. The molecule has 0 unspecified atom stereocenters. The number of rotatable bonds is 3. The summed E-state index contributed by atoms with van der Waals surface area (Å²) in [5.74, 6) is -0.884. The molecule has 6 heteroatoms. The first kappa shape index (κ1) is 18.6. The van der Waals surface area contributed by atoms with E-state index in [9.17, 15) is 14.7 Å². The molecule has 0 saturated carbocycles. The van der Waals surface area contributed by atoms with Crippen LogP contribution in [0.5, 0.6) is 0 Å². The average molecular weight is 354 g/mol. The number of carboxylic acid groups (broad SMARTS) is 1. The fourth-order valence-corrected chi connectivity index (χ4v) is 3.13. The van der Waals surface area contributed by atoms with E-state index in [1.165, 1.54) is 4.90 Å². The predicted molar refractivity (Wildman–Crippen MR) is 92.3 cm³/mol. The maximum atomic E-state index is 12.3. The van der Waals surface area contributed by atoms with Gasteiger partial charge in [-0.2, -0.15) is 0 Å². The third-order valence-electron chi connectivity index (χ3n) is 4.14. The van der Waals surface area contributed by atoms with E-state index >= 15 is 0 Å². The van der Waals surface area contributed by atoms with Gasteiger partial charge in [-0.25, -0.2) is 4.79 Å². The van der Waals surface area contributed by atoms with Crippen molar-refractivity contribution in [1.82, 2.24) is 4.90 Å². The summed E-state index contributed by atoms with van der Waals surface area (Å²) in [5, 5.41) is 10.4. The molecule has 1 saturated heterocycles. The minimum Gasteiger partial charge on any atom is -0.481 e. The molecule has 1 fully saturated rings. The molecule has 0 aromatic heterocycles. The van der Waals surface area contributed by atoms with Gasteiger partial charge in [-0.1, -0.05) is 23.7 Å². The molecule has 24 heavy (non-hydrogen) atoms. The lowest BCUT2D eigenvalue weighted by atomic mass is 9.75. The first-order valence-electron chi connectivity index (χ1n) is 8.07. The van der Waals surface area contributed by atoms with Crippen LogP contribution in [0.4, 0.5) is 4.79 Å². The summed E-state index contributed by atoms with van der Waals surface area (Å²) in [4.78, 5) is 25.8. The summed E-state index contributed by atoms with van der Waals surface area (Å²) in [6.07, 6.45) is 1.08. The Kier molecular flexibility index (Phi) is 5.43. The largest absolute Gasteiger partial charge is 0.481 e. The number of amides is 1. The molecule has 1 aromatic carbocycles. The van der Waals surface area contributed by atoms with Gasteiger partial charge in [0.1, 0.15) is 5.60 Å². The SMILES string of the molecule is CC(C)(C)OC(=O)N1CCC[C@@](Cc2ccc(Cl)cc2)(C(=O)O)C1. The maximum Gasteiger partial charge on any atom is 0.410 e. The van der Waals surface area contributed by atoms with E-state index in [0.29, 0.717) is 30.8 Å². The fraction of sp³-hybridized carbons (Fsp3) is 0.556. The molecule has 0 radical (unpaired) electrons. The van der Waals surface area contributed by atoms with Crippen LogP contribution in [0, 0.1) is 5.41 Å². The van der Waals surface area contributed by atoms with Crippen LogP contribution in [0.1, 0.15) is 39.2 Å². The molecule has 5 nitrogen and oxygen atoms in total. The highest BCUT2D eigenvalue weighted by Crippen LogP contribution is 2.35. The van der Waals surface area contributed by atoms with Gasteiger partial charge in [-0.05, 0) is 57.7 Å². The summed E-state index contributed by atoms with van der Waals surface area (Å²) in [6, 6.07) is 7.17. The van der Waals surface area contributed by atoms with Gasteiger partial charge in [-0.3, -0.25) is 4.79 Å². The minimum atomic E-state index is -0.997. The van der Waals surface area contributed by atoms with E-state index < -0.39 is 23.1 Å². The molecule has 1 N–H and O–H groups in total. The molecule has 1 heterocycles. The van der Waals surface area contributed by atoms with E-state index in [4.69, 9.17) is 16.3 Å². The van der Waals surface area contributed by atoms with Gasteiger partial charge >= 0.3 is 12.1 Å². The summed E-state index contributed by atoms with van der Waals surface area (Å²) < 4.78 is 5.39. The van der Waals surface area contributed by atoms with E-state index in [-0.39, 0.29) is 6.54 Å². The van der Waals surface area contributed by atoms with Crippen molar-refractivity contribution in [1.29, 1.82) is 0 Å². The first-order chi connectivity index (χ1) is 11.1. The van der Waals surface area contributed by atoms with Gasteiger partial charge in [0.25, 0.3) is 0 Å². The highest BCUT2D eigenvalue weighted by molar-refractivity contribution is 6.30. The van der Waals surface area contributed by atoms with Crippen molar-refractivity contribution < 1.29 is 19.4 Å². The highest BCUT2D eigenvalue weighted by atomic mass is 35.5. The number of halogens is 1. The van der Waals surface area contributed by atoms with Crippen molar-refractivity contribution in [3.63, 3.8) is 0 Å². The number of benzene rings is 1. The lowest BCUT2D eigenvalue weighted by Gasteiger charge is -2.40. The zero-order valence-corrected chi connectivity index (χ0v) is 15.1. The fourth-order valence-electron chi connectivity index (χ4n) is 3.00. The number of aliphatic carboxylic acids is 1. The number of piperidine rings is 1. The number of ether oxygens (including phenoxy) is 1. The number of carboxylic acids is 1. The second kappa shape index (κ2) is 7.01. The van der Waals surface area contributed by atoms with Crippen LogP contribution >= 0.6 is 11.6 Å². The zero-order chi connectivity index (χ0) is 18.0. The number of hydrogen-bond acceptors (Lipinski definition) is 3. The Labute approximate surface area is 147 Å². The van der Waals surface area contributed by atoms with Crippen LogP contribution in [-0.4, -0.2) is 40.8 Å². The minimum absolute atomic E-state index is 0.153. The van der Waals surface area contributed by atoms with E-state index in [1.54, 1.807) is 32.9 Å². The van der Waals surface area contributed by atoms with Crippen LogP contribution in [0.3, 0.4) is 0 Å². The van der Waals surface area contributed by atoms with Crippen LogP contribution in [0.2, 0.25) is 5.02 Å². The molecular formula is C18H24ClNO4. The smallest absolute Gasteiger partial charge is 0.410 e. The maximum absolute atomic E-state index is 12.3. The standard InChI is InChI=1S/C18H24ClNO4/c1-17(2,3)24-16(23)20-10-4-9-18(12-20,15(21)22)11-13-5-7-14(19)8-6-13/h5-8H,4,9-12H2,1-3H3,(H,21,22)/t18-/m0/s1. The van der Waals surface area contributed by atoms with Crippen molar-refractivity contribution in [3.05, 3.63) is 34.9 Å². The van der Waals surface area contributed by atoms with Crippen molar-refractivity contribution >= 4 is 23.7 Å². The molecule has 2 rings (SSSR count). The Bertz CT molecular complexity index is 608. The Balaban J connectivity index is 2.18. The Morgan fingerprint density at radius 3 is 2.46 bits per heavy atom. The van der Waals surface area contributed by atoms with Gasteiger partial charge in [-0.15, -0.1) is 0 Å². The second-order valence-corrected chi connectivity index (χ2v) is 7.83. The predicted octanol–water partition coefficient (Wildman–Crippen LogP) is 3.98. The summed E-state index contributed by atoms with van der Waals surface area (Å²) in [7, 11) is 0. The number of nitrogens with zero attached hydrogens (tertiary/aromatic N) is 1. The number of hydrogen-bond donors (Lipinski definition) is 1. The van der Waals surface area contributed by atoms with Crippen LogP contribution in [0.25, 0.3) is 0 Å². The Morgan fingerprint density at radius 2 is 1.92 bits per heavy atom. The first-order valence-corrected chi connectivity index (χ1v) is 8.45. The molecular weight excluding hydrogens is 330 g/mol. The zero-order valence-electron chi connectivity index (χ0n) is 14.3. The lowest BCUT2D eigenvalue weighted by molar-refractivity contribution is -0.152. The van der Waals surface area contributed by atoms with E-state index in [2.05, 4.69) is 0 Å². The van der Waals surface area contributed by atoms with Gasteiger partial charge in [0, 0.05) is 18.1 Å². The van der Waals surface area contributed by atoms with Crippen molar-refractivity contribution in [2.45, 2.75) is 45.6 Å². The molecule has 1 amide bonds. The lowest BCUT2D eigenvalue weighted by Crippen LogP contribution is -2.52. The molecule has 0 bridgehead atoms. The molecule has 1 aliphatic heterocycles. The number of likely N-dealkylation sites (tertiary alicyclic amines) is 1. The quantitative estimate of drug-likeness (QED) is 0.892. The van der Waals surface area contributed by atoms with Crippen LogP contribution in [-0.2, 0) is 16.0 Å². The van der Waals surface area contributed by atoms with E-state index in [0.717, 1.165) is 5.56 Å². The van der Waals surface area contributed by atoms with Crippen LogP contribution < -0.4 is 0 Å². The monoisotopic (exact) mass is 353 g/mol. The van der Waals surface area contributed by atoms with Crippen LogP contribution in [0.15, 0.2) is 24.3 Å². The molecule has 0 spiro atoms. The third kappa shape index (κ3) is 4.63. The number of carbonyl (C=O) groups is 2. The Hall–Kier alpha value is -1.75. The summed E-state index contributed by atoms with van der Waals surface area (Å²) >= 11 is 5.89. The van der Waals surface area contributed by atoms with Crippen molar-refractivity contribution in [3.8, 4) is 0 Å². The van der Waals surface area contributed by atoms with Gasteiger partial charge in [0.2, 0.25) is 0 Å². The number of carbonyl (C=O) groups excluding carboxylic acids is 1. The normalized spacial score (nSPS) is 21.4. The molecule has 1 aliphatic rings. The molecule has 1 aromatic rings. The summed E-state index contributed by atoms with van der Waals surface area (Å²) in [6.45, 7) is 6.07. The van der Waals surface area contributed by atoms with Gasteiger partial charge in [0.15, 0.2) is 0 Å². The molecule has 132 valence electrons. The highest BCUT2D eigenvalue weighted by Gasteiger charge is 2.44. The van der Waals surface area contributed by atoms with Crippen molar-refractivity contribution in [2.75, 3.05) is 13.1 Å². The van der Waals surface area contributed by atoms with Gasteiger partial charge in [0.05, 0.1) is 5.41 Å². The topological polar surface area (TPSA) is 66.8 Å². The van der Waals surface area contributed by atoms with Gasteiger partial charge < -0.3 is 14.7 Å². The summed E-state index contributed by atoms with van der Waals surface area (Å²) in [5.41, 5.74) is -0.701. The van der Waals surface area contributed by atoms with Crippen molar-refractivity contribution in [2.24, 2.45) is 5.41 Å². The Morgan fingerprint density at radius 1 is 1.29 bits per heavy atom. The van der Waals surface area contributed by atoms with E-state index in [1.807, 2.05) is 12.1 Å². The molecule has 0 aliphatic carbocycles. The average Bonchev–Trinajstić information content (AvgIpc) is 2.48. The third-order valence-corrected chi connectivity index (χ3v) is 4.39.